The van der Waals surface area contributed by atoms with Gasteiger partial charge in [-0.2, -0.15) is 0 Å². The molecule has 0 aliphatic heterocycles. The van der Waals surface area contributed by atoms with Crippen molar-refractivity contribution in [3.8, 4) is 17.6 Å². The van der Waals surface area contributed by atoms with E-state index in [0.717, 1.165) is 11.3 Å². The van der Waals surface area contributed by atoms with Crippen molar-refractivity contribution in [2.24, 2.45) is 0 Å². The highest BCUT2D eigenvalue weighted by atomic mass is 16.5. The van der Waals surface area contributed by atoms with Crippen molar-refractivity contribution in [2.75, 3.05) is 7.11 Å². The maximum Gasteiger partial charge on any atom is 0.124 e. The Labute approximate surface area is 90.9 Å². The Balaban J connectivity index is 2.70. The second-order valence-corrected chi connectivity index (χ2v) is 3.22. The molecule has 0 radical (unpaired) electrons. The third-order valence-electron chi connectivity index (χ3n) is 2.22. The third-order valence-corrected chi connectivity index (χ3v) is 2.22. The molecule has 1 aromatic carbocycles. The zero-order chi connectivity index (χ0) is 11.1. The van der Waals surface area contributed by atoms with E-state index in [4.69, 9.17) is 4.74 Å². The summed E-state index contributed by atoms with van der Waals surface area (Å²) in [6, 6.07) is 7.51. The molecular formula is C13H16O2. The van der Waals surface area contributed by atoms with Crippen LogP contribution in [0, 0.1) is 11.8 Å². The normalized spacial score (nSPS) is 11.4. The molecule has 2 nitrogen and oxygen atoms in total. The van der Waals surface area contributed by atoms with Gasteiger partial charge in [-0.3, -0.25) is 0 Å². The number of aliphatic hydroxyl groups is 1. The van der Waals surface area contributed by atoms with Crippen LogP contribution < -0.4 is 4.74 Å². The molecule has 0 aliphatic rings. The average molecular weight is 204 g/mol. The van der Waals surface area contributed by atoms with E-state index >= 15 is 0 Å². The lowest BCUT2D eigenvalue weighted by Gasteiger charge is -2.13. The molecule has 1 rings (SSSR count). The number of hydrogen-bond donors (Lipinski definition) is 1. The van der Waals surface area contributed by atoms with Crippen LogP contribution in [0.1, 0.15) is 31.4 Å². The fourth-order valence-electron chi connectivity index (χ4n) is 1.43. The van der Waals surface area contributed by atoms with Crippen LogP contribution in [0.5, 0.6) is 5.75 Å². The first-order valence-electron chi connectivity index (χ1n) is 5.00. The molecule has 80 valence electrons. The van der Waals surface area contributed by atoms with Crippen LogP contribution in [-0.4, -0.2) is 12.2 Å². The molecule has 0 saturated heterocycles. The Morgan fingerprint density at radius 1 is 1.40 bits per heavy atom. The molecule has 1 N–H and O–H groups in total. The maximum atomic E-state index is 9.91. The van der Waals surface area contributed by atoms with Gasteiger partial charge in [0.2, 0.25) is 0 Å². The Kier molecular flexibility index (Phi) is 4.73. The molecule has 1 aromatic rings. The summed E-state index contributed by atoms with van der Waals surface area (Å²) in [7, 11) is 1.61. The van der Waals surface area contributed by atoms with Gasteiger partial charge in [0.05, 0.1) is 13.2 Å². The number of rotatable bonds is 4. The van der Waals surface area contributed by atoms with E-state index in [9.17, 15) is 5.11 Å². The van der Waals surface area contributed by atoms with E-state index in [0.29, 0.717) is 12.8 Å². The number of benzene rings is 1. The number of methoxy groups -OCH3 is 1. The first kappa shape index (κ1) is 11.6. The van der Waals surface area contributed by atoms with E-state index in [1.54, 1.807) is 14.0 Å². The number of ether oxygens (including phenoxy) is 1. The monoisotopic (exact) mass is 204 g/mol. The molecule has 0 amide bonds. The highest BCUT2D eigenvalue weighted by Gasteiger charge is 2.11. The van der Waals surface area contributed by atoms with Crippen LogP contribution >= 0.6 is 0 Å². The molecule has 0 spiro atoms. The average Bonchev–Trinajstić information content (AvgIpc) is 2.29. The first-order chi connectivity index (χ1) is 7.29. The number of para-hydroxylation sites is 1. The van der Waals surface area contributed by atoms with E-state index in [1.807, 2.05) is 24.3 Å². The van der Waals surface area contributed by atoms with Gasteiger partial charge in [0.15, 0.2) is 0 Å². The molecular weight excluding hydrogens is 188 g/mol. The van der Waals surface area contributed by atoms with Crippen LogP contribution in [0.25, 0.3) is 0 Å². The zero-order valence-corrected chi connectivity index (χ0v) is 9.16. The van der Waals surface area contributed by atoms with Gasteiger partial charge >= 0.3 is 0 Å². The molecule has 0 saturated carbocycles. The minimum Gasteiger partial charge on any atom is -0.496 e. The topological polar surface area (TPSA) is 29.5 Å². The van der Waals surface area contributed by atoms with E-state index in [1.165, 1.54) is 0 Å². The Morgan fingerprint density at radius 3 is 2.80 bits per heavy atom. The van der Waals surface area contributed by atoms with E-state index in [-0.39, 0.29) is 0 Å². The Hall–Kier alpha value is -1.46. The summed E-state index contributed by atoms with van der Waals surface area (Å²) in [5.41, 5.74) is 0.831. The molecule has 0 fully saturated rings. The van der Waals surface area contributed by atoms with Crippen LogP contribution in [-0.2, 0) is 0 Å². The van der Waals surface area contributed by atoms with Crippen LogP contribution in [0.3, 0.4) is 0 Å². The predicted octanol–water partition coefficient (Wildman–Crippen LogP) is 2.53. The van der Waals surface area contributed by atoms with Crippen molar-refractivity contribution in [2.45, 2.75) is 25.9 Å². The molecule has 1 unspecified atom stereocenters. The number of aliphatic hydroxyl groups excluding tert-OH is 1. The van der Waals surface area contributed by atoms with Crippen molar-refractivity contribution >= 4 is 0 Å². The van der Waals surface area contributed by atoms with Gasteiger partial charge in [0.1, 0.15) is 5.75 Å². The standard InChI is InChI=1S/C13H16O2/c1-3-4-5-9-12(14)11-8-6-7-10-13(11)15-2/h6-8,10,12,14H,5,9H2,1-2H3. The lowest BCUT2D eigenvalue weighted by molar-refractivity contribution is 0.165. The first-order valence-corrected chi connectivity index (χ1v) is 5.00. The van der Waals surface area contributed by atoms with Crippen molar-refractivity contribution < 1.29 is 9.84 Å². The molecule has 0 heterocycles. The van der Waals surface area contributed by atoms with Crippen LogP contribution in [0.2, 0.25) is 0 Å². The van der Waals surface area contributed by atoms with Crippen molar-refractivity contribution in [3.63, 3.8) is 0 Å². The number of hydrogen-bond acceptors (Lipinski definition) is 2. The smallest absolute Gasteiger partial charge is 0.124 e. The van der Waals surface area contributed by atoms with E-state index < -0.39 is 6.10 Å². The Bertz CT molecular complexity index is 360. The second kappa shape index (κ2) is 6.10. The highest BCUT2D eigenvalue weighted by Crippen LogP contribution is 2.27. The molecule has 2 heteroatoms. The van der Waals surface area contributed by atoms with Gasteiger partial charge in [-0.25, -0.2) is 0 Å². The zero-order valence-electron chi connectivity index (χ0n) is 9.16. The summed E-state index contributed by atoms with van der Waals surface area (Å²) in [5.74, 6) is 6.48. The largest absolute Gasteiger partial charge is 0.496 e. The summed E-state index contributed by atoms with van der Waals surface area (Å²) in [4.78, 5) is 0. The van der Waals surface area contributed by atoms with Gasteiger partial charge < -0.3 is 9.84 Å². The maximum absolute atomic E-state index is 9.91. The van der Waals surface area contributed by atoms with Crippen molar-refractivity contribution in [1.82, 2.24) is 0 Å². The van der Waals surface area contributed by atoms with Gasteiger partial charge in [0, 0.05) is 12.0 Å². The Morgan fingerprint density at radius 2 is 2.13 bits per heavy atom. The summed E-state index contributed by atoms with van der Waals surface area (Å²) in [6.45, 7) is 1.80. The second-order valence-electron chi connectivity index (χ2n) is 3.22. The minimum atomic E-state index is -0.498. The summed E-state index contributed by atoms with van der Waals surface area (Å²) in [5, 5.41) is 9.91. The summed E-state index contributed by atoms with van der Waals surface area (Å²) in [6.07, 6.45) is 0.846. The summed E-state index contributed by atoms with van der Waals surface area (Å²) >= 11 is 0. The molecule has 0 bridgehead atoms. The summed E-state index contributed by atoms with van der Waals surface area (Å²) < 4.78 is 5.18. The quantitative estimate of drug-likeness (QED) is 0.764. The molecule has 0 aliphatic carbocycles. The third kappa shape index (κ3) is 3.30. The van der Waals surface area contributed by atoms with Crippen LogP contribution in [0.15, 0.2) is 24.3 Å². The molecule has 1 atom stereocenters. The van der Waals surface area contributed by atoms with Gasteiger partial charge in [-0.1, -0.05) is 18.2 Å². The fourth-order valence-corrected chi connectivity index (χ4v) is 1.43. The van der Waals surface area contributed by atoms with Gasteiger partial charge in [0.25, 0.3) is 0 Å². The fraction of sp³-hybridized carbons (Fsp3) is 0.385. The van der Waals surface area contributed by atoms with Crippen LogP contribution in [0.4, 0.5) is 0 Å². The van der Waals surface area contributed by atoms with E-state index in [2.05, 4.69) is 11.8 Å². The minimum absolute atomic E-state index is 0.498. The SMILES string of the molecule is CC#CCCC(O)c1ccccc1OC. The molecule has 15 heavy (non-hydrogen) atoms. The van der Waals surface area contributed by atoms with Crippen molar-refractivity contribution in [1.29, 1.82) is 0 Å². The highest BCUT2D eigenvalue weighted by molar-refractivity contribution is 5.34. The van der Waals surface area contributed by atoms with Gasteiger partial charge in [-0.05, 0) is 19.4 Å². The predicted molar refractivity (Wildman–Crippen MR) is 60.6 cm³/mol. The lowest BCUT2D eigenvalue weighted by atomic mass is 10.0. The molecule has 0 aromatic heterocycles. The van der Waals surface area contributed by atoms with Gasteiger partial charge in [-0.15, -0.1) is 11.8 Å². The lowest BCUT2D eigenvalue weighted by Crippen LogP contribution is -1.99. The van der Waals surface area contributed by atoms with Crippen molar-refractivity contribution in [3.05, 3.63) is 29.8 Å².